The number of hydrogen-bond donors (Lipinski definition) is 1. The van der Waals surface area contributed by atoms with Gasteiger partial charge in [-0.25, -0.2) is 9.37 Å². The Morgan fingerprint density at radius 1 is 1.00 bits per heavy atom. The molecule has 1 aliphatic carbocycles. The van der Waals surface area contributed by atoms with E-state index in [0.717, 1.165) is 36.8 Å². The highest BCUT2D eigenvalue weighted by Crippen LogP contribution is 2.41. The number of halogens is 1. The fraction of sp³-hybridized carbons (Fsp3) is 0.250. The zero-order chi connectivity index (χ0) is 20.1. The minimum absolute atomic E-state index is 0.0767. The van der Waals surface area contributed by atoms with Crippen molar-refractivity contribution >= 4 is 5.91 Å². The molecule has 0 bridgehead atoms. The van der Waals surface area contributed by atoms with E-state index in [1.165, 1.54) is 12.1 Å². The molecule has 0 saturated heterocycles. The first kappa shape index (κ1) is 19.1. The summed E-state index contributed by atoms with van der Waals surface area (Å²) in [6.07, 6.45) is 5.58. The van der Waals surface area contributed by atoms with Crippen molar-refractivity contribution in [3.05, 3.63) is 89.9 Å². The molecular formula is C24H23FN2O2. The van der Waals surface area contributed by atoms with E-state index in [1.807, 2.05) is 36.4 Å². The average molecular weight is 390 g/mol. The van der Waals surface area contributed by atoms with Crippen LogP contribution in [0.1, 0.15) is 36.8 Å². The van der Waals surface area contributed by atoms with E-state index in [2.05, 4.69) is 10.3 Å². The molecule has 0 aliphatic heterocycles. The van der Waals surface area contributed by atoms with Crippen LogP contribution >= 0.6 is 0 Å². The fourth-order valence-electron chi connectivity index (χ4n) is 3.93. The van der Waals surface area contributed by atoms with Crippen LogP contribution in [0.15, 0.2) is 72.9 Å². The Kier molecular flexibility index (Phi) is 5.56. The van der Waals surface area contributed by atoms with Crippen molar-refractivity contribution in [2.75, 3.05) is 0 Å². The van der Waals surface area contributed by atoms with E-state index < -0.39 is 5.41 Å². The van der Waals surface area contributed by atoms with Crippen molar-refractivity contribution in [1.82, 2.24) is 10.3 Å². The second-order valence-corrected chi connectivity index (χ2v) is 7.40. The molecule has 3 aromatic rings. The van der Waals surface area contributed by atoms with E-state index in [-0.39, 0.29) is 11.7 Å². The molecule has 5 heteroatoms. The van der Waals surface area contributed by atoms with Crippen molar-refractivity contribution in [2.45, 2.75) is 37.6 Å². The molecule has 1 aromatic heterocycles. The van der Waals surface area contributed by atoms with Crippen LogP contribution in [0.4, 0.5) is 4.39 Å². The number of pyridine rings is 1. The molecule has 0 radical (unpaired) electrons. The normalized spacial score (nSPS) is 15.1. The molecule has 148 valence electrons. The van der Waals surface area contributed by atoms with Crippen LogP contribution in [0.3, 0.4) is 0 Å². The molecular weight excluding hydrogens is 367 g/mol. The average Bonchev–Trinajstić information content (AvgIpc) is 3.27. The van der Waals surface area contributed by atoms with Gasteiger partial charge in [0.2, 0.25) is 11.8 Å². The molecule has 1 N–H and O–H groups in total. The number of nitrogens with one attached hydrogen (secondary N) is 1. The number of rotatable bonds is 6. The zero-order valence-electron chi connectivity index (χ0n) is 16.1. The van der Waals surface area contributed by atoms with Crippen molar-refractivity contribution in [2.24, 2.45) is 0 Å². The number of carbonyl (C=O) groups is 1. The van der Waals surface area contributed by atoms with Gasteiger partial charge < -0.3 is 10.1 Å². The lowest BCUT2D eigenvalue weighted by Crippen LogP contribution is -2.42. The first-order valence-electron chi connectivity index (χ1n) is 9.88. The lowest BCUT2D eigenvalue weighted by atomic mass is 9.78. The van der Waals surface area contributed by atoms with Crippen LogP contribution in [0.2, 0.25) is 0 Å². The van der Waals surface area contributed by atoms with Gasteiger partial charge in [-0.15, -0.1) is 0 Å². The number of ether oxygens (including phenoxy) is 1. The lowest BCUT2D eigenvalue weighted by Gasteiger charge is -2.28. The maximum Gasteiger partial charge on any atom is 0.230 e. The molecule has 1 heterocycles. The van der Waals surface area contributed by atoms with Gasteiger partial charge in [-0.3, -0.25) is 4.79 Å². The predicted molar refractivity (Wildman–Crippen MR) is 109 cm³/mol. The summed E-state index contributed by atoms with van der Waals surface area (Å²) in [4.78, 5) is 17.4. The quantitative estimate of drug-likeness (QED) is 0.634. The Bertz CT molecular complexity index is 950. The fourth-order valence-corrected chi connectivity index (χ4v) is 3.93. The molecule has 0 unspecified atom stereocenters. The predicted octanol–water partition coefficient (Wildman–Crippen LogP) is 5.14. The van der Waals surface area contributed by atoms with Gasteiger partial charge in [0.15, 0.2) is 0 Å². The Hall–Kier alpha value is -3.21. The molecule has 4 rings (SSSR count). The molecule has 0 spiro atoms. The van der Waals surface area contributed by atoms with Crippen LogP contribution < -0.4 is 10.1 Å². The standard InChI is InChI=1S/C24H23FN2O2/c25-20-9-11-21(12-10-20)29-22-13-8-18(16-26-22)17-27-23(28)24(14-4-5-15-24)19-6-2-1-3-7-19/h1-3,6-13,16H,4-5,14-15,17H2,(H,27,28). The van der Waals surface area contributed by atoms with E-state index in [9.17, 15) is 9.18 Å². The van der Waals surface area contributed by atoms with Crippen LogP contribution in [-0.4, -0.2) is 10.9 Å². The van der Waals surface area contributed by atoms with Crippen molar-refractivity contribution in [3.8, 4) is 11.6 Å². The van der Waals surface area contributed by atoms with Gasteiger partial charge in [0.25, 0.3) is 0 Å². The Labute approximate surface area is 169 Å². The highest BCUT2D eigenvalue weighted by atomic mass is 19.1. The number of hydrogen-bond acceptors (Lipinski definition) is 3. The highest BCUT2D eigenvalue weighted by Gasteiger charge is 2.42. The number of benzene rings is 2. The summed E-state index contributed by atoms with van der Waals surface area (Å²) >= 11 is 0. The molecule has 1 fully saturated rings. The van der Waals surface area contributed by atoms with Gasteiger partial charge in [-0.2, -0.15) is 0 Å². The largest absolute Gasteiger partial charge is 0.439 e. The van der Waals surface area contributed by atoms with Gasteiger partial charge >= 0.3 is 0 Å². The Morgan fingerprint density at radius 3 is 2.38 bits per heavy atom. The van der Waals surface area contributed by atoms with E-state index in [1.54, 1.807) is 24.4 Å². The number of aromatic nitrogens is 1. The van der Waals surface area contributed by atoms with Gasteiger partial charge in [0.1, 0.15) is 11.6 Å². The van der Waals surface area contributed by atoms with Crippen LogP contribution in [-0.2, 0) is 16.8 Å². The van der Waals surface area contributed by atoms with E-state index in [4.69, 9.17) is 4.74 Å². The minimum Gasteiger partial charge on any atom is -0.439 e. The van der Waals surface area contributed by atoms with Gasteiger partial charge in [-0.05, 0) is 48.2 Å². The summed E-state index contributed by atoms with van der Waals surface area (Å²) in [6, 6.07) is 19.5. The second-order valence-electron chi connectivity index (χ2n) is 7.40. The molecule has 2 aromatic carbocycles. The number of nitrogens with zero attached hydrogens (tertiary/aromatic N) is 1. The SMILES string of the molecule is O=C(NCc1ccc(Oc2ccc(F)cc2)nc1)C1(c2ccccc2)CCCC1. The first-order chi connectivity index (χ1) is 14.2. The van der Waals surface area contributed by atoms with Gasteiger partial charge in [0.05, 0.1) is 5.41 Å². The second kappa shape index (κ2) is 8.43. The van der Waals surface area contributed by atoms with Gasteiger partial charge in [-0.1, -0.05) is 49.2 Å². The van der Waals surface area contributed by atoms with Crippen LogP contribution in [0.25, 0.3) is 0 Å². The van der Waals surface area contributed by atoms with Crippen LogP contribution in [0, 0.1) is 5.82 Å². The minimum atomic E-state index is -0.430. The summed E-state index contributed by atoms with van der Waals surface area (Å²) in [5.41, 5.74) is 1.56. The molecule has 1 aliphatic rings. The summed E-state index contributed by atoms with van der Waals surface area (Å²) in [6.45, 7) is 0.414. The summed E-state index contributed by atoms with van der Waals surface area (Å²) in [5, 5.41) is 3.09. The highest BCUT2D eigenvalue weighted by molar-refractivity contribution is 5.88. The Balaban J connectivity index is 1.39. The van der Waals surface area contributed by atoms with E-state index >= 15 is 0 Å². The summed E-state index contributed by atoms with van der Waals surface area (Å²) in [5.74, 6) is 0.703. The van der Waals surface area contributed by atoms with Crippen molar-refractivity contribution < 1.29 is 13.9 Å². The number of carbonyl (C=O) groups excluding carboxylic acids is 1. The molecule has 29 heavy (non-hydrogen) atoms. The number of amides is 1. The molecule has 0 atom stereocenters. The maximum absolute atomic E-state index is 13.1. The summed E-state index contributed by atoms with van der Waals surface area (Å²) in [7, 11) is 0. The van der Waals surface area contributed by atoms with E-state index in [0.29, 0.717) is 18.2 Å². The maximum atomic E-state index is 13.1. The van der Waals surface area contributed by atoms with Crippen molar-refractivity contribution in [3.63, 3.8) is 0 Å². The topological polar surface area (TPSA) is 51.2 Å². The smallest absolute Gasteiger partial charge is 0.230 e. The summed E-state index contributed by atoms with van der Waals surface area (Å²) < 4.78 is 18.6. The molecule has 4 nitrogen and oxygen atoms in total. The Morgan fingerprint density at radius 2 is 1.72 bits per heavy atom. The lowest BCUT2D eigenvalue weighted by molar-refractivity contribution is -0.126. The van der Waals surface area contributed by atoms with Crippen LogP contribution in [0.5, 0.6) is 11.6 Å². The third kappa shape index (κ3) is 4.29. The monoisotopic (exact) mass is 390 g/mol. The molecule has 1 saturated carbocycles. The molecule has 1 amide bonds. The first-order valence-corrected chi connectivity index (χ1v) is 9.88. The van der Waals surface area contributed by atoms with Crippen molar-refractivity contribution in [1.29, 1.82) is 0 Å². The third-order valence-corrected chi connectivity index (χ3v) is 5.50. The zero-order valence-corrected chi connectivity index (χ0v) is 16.1. The van der Waals surface area contributed by atoms with Gasteiger partial charge in [0, 0.05) is 18.8 Å². The third-order valence-electron chi connectivity index (χ3n) is 5.50.